The molecular formula is H6Na2O2S. The molecule has 0 aromatic rings. The van der Waals surface area contributed by atoms with E-state index >= 15 is 0 Å². The van der Waals surface area contributed by atoms with Gasteiger partial charge in [-0.25, -0.2) is 0 Å². The SMILES string of the molecule is O.OS.[NaH].[NaH]. The Kier molecular flexibility index (Phi) is 181. The molecule has 0 fully saturated rings. The Bertz CT molecular complexity index is 7.61. The second kappa shape index (κ2) is 33.8. The maximum absolute atomic E-state index is 6.69. The van der Waals surface area contributed by atoms with Crippen LogP contribution in [-0.2, 0) is 0 Å². The zero-order valence-corrected chi connectivity index (χ0v) is 2.29. The minimum atomic E-state index is 0. The van der Waals surface area contributed by atoms with Crippen LogP contribution in [0.4, 0.5) is 0 Å². The van der Waals surface area contributed by atoms with Crippen LogP contribution in [0.2, 0.25) is 0 Å². The van der Waals surface area contributed by atoms with Gasteiger partial charge in [-0.15, -0.1) is 0 Å². The first-order valence-electron chi connectivity index (χ1n) is 0.200. The van der Waals surface area contributed by atoms with Gasteiger partial charge in [-0.3, -0.25) is 0 Å². The van der Waals surface area contributed by atoms with Gasteiger partial charge in [-0.05, 0) is 12.9 Å². The van der Waals surface area contributed by atoms with Gasteiger partial charge in [0.05, 0.1) is 0 Å². The summed E-state index contributed by atoms with van der Waals surface area (Å²) in [6.45, 7) is 0. The van der Waals surface area contributed by atoms with E-state index in [0.717, 1.165) is 0 Å². The maximum atomic E-state index is 6.69. The fourth-order valence-corrected chi connectivity index (χ4v) is 0. The van der Waals surface area contributed by atoms with E-state index in [1.54, 1.807) is 0 Å². The van der Waals surface area contributed by atoms with Crippen molar-refractivity contribution in [2.45, 2.75) is 0 Å². The number of thiol groups is 1. The predicted molar refractivity (Wildman–Crippen MR) is 29.5 cm³/mol. The summed E-state index contributed by atoms with van der Waals surface area (Å²) in [7, 11) is 0. The second-order valence-corrected chi connectivity index (χ2v) is 0. The Balaban J connectivity index is -0.00000000167. The van der Waals surface area contributed by atoms with Gasteiger partial charge in [-0.1, -0.05) is 0 Å². The molecule has 5 heavy (non-hydrogen) atoms. The molecule has 0 amide bonds. The van der Waals surface area contributed by atoms with Crippen molar-refractivity contribution in [3.05, 3.63) is 0 Å². The van der Waals surface area contributed by atoms with Crippen molar-refractivity contribution >= 4 is 72.0 Å². The molecule has 3 N–H and O–H groups in total. The number of hydrogen-bond acceptors (Lipinski definition) is 2. The molecule has 0 bridgehead atoms. The normalized spacial score (nSPS) is 1.20. The fraction of sp³-hybridized carbons (Fsp3) is 0. The van der Waals surface area contributed by atoms with E-state index in [9.17, 15) is 0 Å². The zero-order chi connectivity index (χ0) is 2.00. The van der Waals surface area contributed by atoms with E-state index in [1.807, 2.05) is 0 Å². The average Bonchev–Trinajstić information content (AvgIpc) is 1.00. The van der Waals surface area contributed by atoms with E-state index in [1.165, 1.54) is 0 Å². The molecule has 26 valence electrons. The molecule has 0 aromatic carbocycles. The molecule has 0 rings (SSSR count). The summed E-state index contributed by atoms with van der Waals surface area (Å²) in [5.41, 5.74) is 0. The average molecular weight is 116 g/mol. The first-order valence-corrected chi connectivity index (χ1v) is 0.600. The molecule has 0 saturated carbocycles. The van der Waals surface area contributed by atoms with Gasteiger partial charge in [0.1, 0.15) is 0 Å². The third-order valence-electron chi connectivity index (χ3n) is 0. The van der Waals surface area contributed by atoms with Crippen molar-refractivity contribution in [1.82, 2.24) is 0 Å². The van der Waals surface area contributed by atoms with Crippen LogP contribution in [-0.4, -0.2) is 69.1 Å². The van der Waals surface area contributed by atoms with Crippen LogP contribution in [0.1, 0.15) is 0 Å². The summed E-state index contributed by atoms with van der Waals surface area (Å²) in [4.78, 5) is 0. The molecule has 0 radical (unpaired) electrons. The summed E-state index contributed by atoms with van der Waals surface area (Å²) in [5, 5.41) is 0. The molecule has 0 spiro atoms. The van der Waals surface area contributed by atoms with E-state index in [4.69, 9.17) is 4.55 Å². The third-order valence-corrected chi connectivity index (χ3v) is 0. The molecule has 5 heteroatoms. The molecule has 0 unspecified atom stereocenters. The van der Waals surface area contributed by atoms with Crippen LogP contribution >= 0.6 is 12.9 Å². The Morgan fingerprint density at radius 2 is 1.00 bits per heavy atom. The van der Waals surface area contributed by atoms with Gasteiger partial charge >= 0.3 is 59.1 Å². The first kappa shape index (κ1) is 26.7. The minimum absolute atomic E-state index is 0. The summed E-state index contributed by atoms with van der Waals surface area (Å²) in [6, 6.07) is 0. The number of rotatable bonds is 0. The fourth-order valence-electron chi connectivity index (χ4n) is 0. The standard InChI is InChI=1S/2Na.H2OS.H2O.2H/c;;1-2;;;/h;;1-2H;1H2;;. The Labute approximate surface area is 80.8 Å². The number of hydrogen-bond donors (Lipinski definition) is 2. The van der Waals surface area contributed by atoms with Crippen LogP contribution in [0.3, 0.4) is 0 Å². The summed E-state index contributed by atoms with van der Waals surface area (Å²) in [5.74, 6) is 0. The van der Waals surface area contributed by atoms with Crippen LogP contribution in [0, 0.1) is 0 Å². The molecule has 0 atom stereocenters. The van der Waals surface area contributed by atoms with Crippen molar-refractivity contribution in [1.29, 1.82) is 0 Å². The summed E-state index contributed by atoms with van der Waals surface area (Å²) >= 11 is 2.53. The van der Waals surface area contributed by atoms with Gasteiger partial charge in [-0.2, -0.15) is 0 Å². The Morgan fingerprint density at radius 1 is 1.00 bits per heavy atom. The van der Waals surface area contributed by atoms with Crippen LogP contribution in [0.25, 0.3) is 0 Å². The predicted octanol–water partition coefficient (Wildman–Crippen LogP) is -1.73. The monoisotopic (exact) mass is 116 g/mol. The Hall–Kier alpha value is 2.27. The van der Waals surface area contributed by atoms with E-state index < -0.39 is 0 Å². The van der Waals surface area contributed by atoms with Gasteiger partial charge in [0.15, 0.2) is 0 Å². The van der Waals surface area contributed by atoms with Crippen LogP contribution in [0.15, 0.2) is 0 Å². The van der Waals surface area contributed by atoms with Crippen molar-refractivity contribution < 1.29 is 10.0 Å². The van der Waals surface area contributed by atoms with Gasteiger partial charge < -0.3 is 10.0 Å². The molecule has 0 aliphatic heterocycles. The zero-order valence-electron chi connectivity index (χ0n) is 1.39. The van der Waals surface area contributed by atoms with Gasteiger partial charge in [0.2, 0.25) is 0 Å². The van der Waals surface area contributed by atoms with Crippen LogP contribution < -0.4 is 0 Å². The molecular weight excluding hydrogens is 110 g/mol. The Morgan fingerprint density at radius 3 is 1.00 bits per heavy atom. The first-order chi connectivity index (χ1) is 1.00. The van der Waals surface area contributed by atoms with Gasteiger partial charge in [0, 0.05) is 0 Å². The summed E-state index contributed by atoms with van der Waals surface area (Å²) < 4.78 is 6.69. The van der Waals surface area contributed by atoms with E-state index in [2.05, 4.69) is 12.9 Å². The van der Waals surface area contributed by atoms with Crippen molar-refractivity contribution in [2.75, 3.05) is 0 Å². The van der Waals surface area contributed by atoms with Crippen LogP contribution in [0.5, 0.6) is 0 Å². The third kappa shape index (κ3) is 22.2. The van der Waals surface area contributed by atoms with E-state index in [-0.39, 0.29) is 64.6 Å². The molecule has 0 saturated heterocycles. The van der Waals surface area contributed by atoms with Crippen molar-refractivity contribution in [2.24, 2.45) is 0 Å². The van der Waals surface area contributed by atoms with Gasteiger partial charge in [0.25, 0.3) is 0 Å². The molecule has 0 heterocycles. The molecule has 0 aliphatic rings. The molecule has 2 nitrogen and oxygen atoms in total. The van der Waals surface area contributed by atoms with Crippen molar-refractivity contribution in [3.63, 3.8) is 0 Å². The molecule has 0 aromatic heterocycles. The van der Waals surface area contributed by atoms with Crippen molar-refractivity contribution in [3.8, 4) is 0 Å². The quantitative estimate of drug-likeness (QED) is 0.220. The second-order valence-electron chi connectivity index (χ2n) is 0. The van der Waals surface area contributed by atoms with E-state index in [0.29, 0.717) is 0 Å². The molecule has 0 aliphatic carbocycles. The topological polar surface area (TPSA) is 51.7 Å². The summed E-state index contributed by atoms with van der Waals surface area (Å²) in [6.07, 6.45) is 0.